The van der Waals surface area contributed by atoms with E-state index in [1.54, 1.807) is 0 Å². The van der Waals surface area contributed by atoms with E-state index < -0.39 is 0 Å². The molecule has 0 fully saturated rings. The lowest BCUT2D eigenvalue weighted by atomic mass is 9.94. The fourth-order valence-corrected chi connectivity index (χ4v) is 10.3. The van der Waals surface area contributed by atoms with E-state index in [1.165, 1.54) is 64.5 Å². The highest BCUT2D eigenvalue weighted by molar-refractivity contribution is 7.26. The van der Waals surface area contributed by atoms with Gasteiger partial charge in [-0.2, -0.15) is 0 Å². The van der Waals surface area contributed by atoms with Crippen LogP contribution in [0.5, 0.6) is 0 Å². The van der Waals surface area contributed by atoms with Crippen LogP contribution in [0.4, 0.5) is 0 Å². The summed E-state index contributed by atoms with van der Waals surface area (Å²) >= 11 is 1.87. The van der Waals surface area contributed by atoms with Gasteiger partial charge in [0.05, 0.1) is 11.2 Å². The van der Waals surface area contributed by atoms with Crippen LogP contribution < -0.4 is 0 Å². The number of fused-ring (bicyclic) bond motifs is 8. The van der Waals surface area contributed by atoms with Crippen LogP contribution in [0.3, 0.4) is 0 Å². The van der Waals surface area contributed by atoms with Crippen molar-refractivity contribution in [1.29, 1.82) is 0 Å². The Balaban J connectivity index is 1.08. The average Bonchev–Trinajstić information content (AvgIpc) is 3.81. The van der Waals surface area contributed by atoms with Gasteiger partial charge in [-0.05, 0) is 64.6 Å². The van der Waals surface area contributed by atoms with Crippen molar-refractivity contribution in [1.82, 2.24) is 19.5 Å². The maximum Gasteiger partial charge on any atom is 0.164 e. The molecule has 0 bridgehead atoms. The summed E-state index contributed by atoms with van der Waals surface area (Å²) < 4.78 is 5.08. The first-order valence-electron chi connectivity index (χ1n) is 20.7. The molecule has 0 aliphatic heterocycles. The Labute approximate surface area is 357 Å². The Hall–Kier alpha value is -7.73. The van der Waals surface area contributed by atoms with Crippen LogP contribution in [0.15, 0.2) is 200 Å². The lowest BCUT2D eigenvalue weighted by Gasteiger charge is -2.15. The second kappa shape index (κ2) is 14.5. The molecule has 5 heteroatoms. The summed E-state index contributed by atoms with van der Waals surface area (Å²) in [5.74, 6) is 1.91. The normalized spacial score (nSPS) is 12.1. The maximum absolute atomic E-state index is 5.11. The largest absolute Gasteiger partial charge is 0.309 e. The summed E-state index contributed by atoms with van der Waals surface area (Å²) in [6.45, 7) is 0. The van der Waals surface area contributed by atoms with Gasteiger partial charge in [0.1, 0.15) is 0 Å². The van der Waals surface area contributed by atoms with Crippen molar-refractivity contribution in [3.05, 3.63) is 211 Å². The zero-order chi connectivity index (χ0) is 40.3. The lowest BCUT2D eigenvalue weighted by Crippen LogP contribution is -2.02. The molecule has 0 unspecified atom stereocenters. The molecule has 1 aliphatic carbocycles. The van der Waals surface area contributed by atoms with Gasteiger partial charge in [0, 0.05) is 59.1 Å². The van der Waals surface area contributed by atoms with E-state index in [-0.39, 0.29) is 0 Å². The van der Waals surface area contributed by atoms with Crippen molar-refractivity contribution in [2.75, 3.05) is 0 Å². The third kappa shape index (κ3) is 6.01. The minimum atomic E-state index is 0.626. The molecule has 0 radical (unpaired) electrons. The summed E-state index contributed by atoms with van der Waals surface area (Å²) in [7, 11) is 0. The van der Waals surface area contributed by atoms with Gasteiger partial charge in [-0.1, -0.05) is 176 Å². The van der Waals surface area contributed by atoms with Crippen LogP contribution in [0.25, 0.3) is 110 Å². The number of allylic oxidation sites excluding steroid dienone is 1. The van der Waals surface area contributed by atoms with Crippen LogP contribution in [-0.4, -0.2) is 19.5 Å². The quantitative estimate of drug-likeness (QED) is 0.168. The zero-order valence-electron chi connectivity index (χ0n) is 33.0. The third-order valence-electron chi connectivity index (χ3n) is 11.9. The van der Waals surface area contributed by atoms with Gasteiger partial charge in [0.25, 0.3) is 0 Å². The molecule has 1 aliphatic rings. The average molecular weight is 797 g/mol. The first-order valence-corrected chi connectivity index (χ1v) is 21.5. The second-order valence-electron chi connectivity index (χ2n) is 15.5. The molecular weight excluding hydrogens is 761 g/mol. The number of para-hydroxylation sites is 1. The molecule has 11 aromatic rings. The molecule has 0 saturated heterocycles. The molecule has 286 valence electrons. The second-order valence-corrected chi connectivity index (χ2v) is 16.6. The van der Waals surface area contributed by atoms with Crippen molar-refractivity contribution < 1.29 is 0 Å². The Morgan fingerprint density at radius 2 is 0.984 bits per heavy atom. The molecule has 3 aromatic heterocycles. The first kappa shape index (κ1) is 35.2. The predicted molar refractivity (Wildman–Crippen MR) is 255 cm³/mol. The van der Waals surface area contributed by atoms with Crippen LogP contribution in [0, 0.1) is 0 Å². The minimum absolute atomic E-state index is 0.626. The van der Waals surface area contributed by atoms with E-state index in [0.717, 1.165) is 40.0 Å². The topological polar surface area (TPSA) is 43.6 Å². The van der Waals surface area contributed by atoms with Crippen LogP contribution in [-0.2, 0) is 6.42 Å². The fourth-order valence-electron chi connectivity index (χ4n) is 9.09. The third-order valence-corrected chi connectivity index (χ3v) is 13.1. The number of rotatable bonds is 6. The number of benzene rings is 8. The predicted octanol–water partition coefficient (Wildman–Crippen LogP) is 14.8. The minimum Gasteiger partial charge on any atom is -0.309 e. The molecule has 61 heavy (non-hydrogen) atoms. The summed E-state index contributed by atoms with van der Waals surface area (Å²) in [4.78, 5) is 15.2. The Morgan fingerprint density at radius 3 is 1.77 bits per heavy atom. The monoisotopic (exact) mass is 796 g/mol. The van der Waals surface area contributed by atoms with Crippen molar-refractivity contribution in [2.24, 2.45) is 0 Å². The van der Waals surface area contributed by atoms with Gasteiger partial charge < -0.3 is 4.57 Å². The molecular formula is C56H36N4S. The molecule has 0 atom stereocenters. The van der Waals surface area contributed by atoms with Crippen molar-refractivity contribution in [3.63, 3.8) is 0 Å². The fraction of sp³-hybridized carbons (Fsp3) is 0.0179. The number of hydrogen-bond donors (Lipinski definition) is 0. The van der Waals surface area contributed by atoms with E-state index in [0.29, 0.717) is 17.5 Å². The van der Waals surface area contributed by atoms with Gasteiger partial charge >= 0.3 is 0 Å². The molecule has 8 aromatic carbocycles. The molecule has 12 rings (SSSR count). The Morgan fingerprint density at radius 1 is 0.426 bits per heavy atom. The standard InChI is InChI=1S/C56H36N4S/c1-3-17-37(18-4-1)54-57-55(38-19-5-2-6-20-38)59-56(58-54)41-24-12-25-42(35-41)60-49-32-13-21-36-16-7-8-26-43(36)51(49)48-31-14-28-44(52(48)60)39-22-11-23-40(34-39)45-29-15-30-47-46-27-9-10-33-50(46)61-53(45)47/h1-20,22-35H,21H2. The summed E-state index contributed by atoms with van der Waals surface area (Å²) in [5, 5.41) is 3.83. The number of nitrogens with zero attached hydrogens (tertiary/aromatic N) is 4. The van der Waals surface area contributed by atoms with E-state index in [2.05, 4.69) is 174 Å². The van der Waals surface area contributed by atoms with Gasteiger partial charge in [-0.25, -0.2) is 15.0 Å². The highest BCUT2D eigenvalue weighted by Gasteiger charge is 2.25. The summed E-state index contributed by atoms with van der Waals surface area (Å²) in [5.41, 5.74) is 14.8. The smallest absolute Gasteiger partial charge is 0.164 e. The van der Waals surface area contributed by atoms with Gasteiger partial charge in [-0.15, -0.1) is 11.3 Å². The molecule has 4 nitrogen and oxygen atoms in total. The molecule has 0 N–H and O–H groups in total. The van der Waals surface area contributed by atoms with Gasteiger partial charge in [-0.3, -0.25) is 0 Å². The zero-order valence-corrected chi connectivity index (χ0v) is 33.9. The SMILES string of the molecule is C1=Cc2c(c3cccc(-c4cccc(-c5cccc6c5sc5ccccc56)c4)c3n2-c2cccc(-c3nc(-c4ccccc4)nc(-c4ccccc4)n3)c2)-c2ccccc2C1. The first-order chi connectivity index (χ1) is 30.2. The van der Waals surface area contributed by atoms with Crippen molar-refractivity contribution >= 4 is 48.5 Å². The van der Waals surface area contributed by atoms with E-state index in [9.17, 15) is 0 Å². The number of aromatic nitrogens is 4. The van der Waals surface area contributed by atoms with Crippen molar-refractivity contribution in [2.45, 2.75) is 6.42 Å². The number of thiophene rings is 1. The summed E-state index contributed by atoms with van der Waals surface area (Å²) in [6, 6.07) is 69.2. The van der Waals surface area contributed by atoms with Gasteiger partial charge in [0.15, 0.2) is 17.5 Å². The Kier molecular flexibility index (Phi) is 8.39. The summed E-state index contributed by atoms with van der Waals surface area (Å²) in [6.07, 6.45) is 5.49. The van der Waals surface area contributed by atoms with E-state index >= 15 is 0 Å². The molecule has 0 saturated carbocycles. The van der Waals surface area contributed by atoms with E-state index in [1.807, 2.05) is 47.7 Å². The van der Waals surface area contributed by atoms with Crippen LogP contribution in [0.2, 0.25) is 0 Å². The lowest BCUT2D eigenvalue weighted by molar-refractivity contribution is 1.07. The maximum atomic E-state index is 5.11. The van der Waals surface area contributed by atoms with Crippen molar-refractivity contribution in [3.8, 4) is 73.2 Å². The highest BCUT2D eigenvalue weighted by Crippen LogP contribution is 2.46. The van der Waals surface area contributed by atoms with E-state index in [4.69, 9.17) is 15.0 Å². The highest BCUT2D eigenvalue weighted by atomic mass is 32.1. The van der Waals surface area contributed by atoms with Gasteiger partial charge in [0.2, 0.25) is 0 Å². The molecule has 3 heterocycles. The Bertz CT molecular complexity index is 3450. The van der Waals surface area contributed by atoms with Crippen LogP contribution in [0.1, 0.15) is 11.3 Å². The molecule has 0 amide bonds. The number of hydrogen-bond acceptors (Lipinski definition) is 4. The van der Waals surface area contributed by atoms with Crippen LogP contribution >= 0.6 is 11.3 Å². The molecule has 0 spiro atoms.